The van der Waals surface area contributed by atoms with Gasteiger partial charge < -0.3 is 9.15 Å². The number of carbonyl (C=O) groups is 1. The third kappa shape index (κ3) is 4.15. The van der Waals surface area contributed by atoms with E-state index in [1.165, 1.54) is 25.3 Å². The molecule has 148 valence electrons. The molecule has 2 aromatic carbocycles. The number of rotatable bonds is 7. The summed E-state index contributed by atoms with van der Waals surface area (Å²) in [5.41, 5.74) is 1.41. The Bertz CT molecular complexity index is 1150. The van der Waals surface area contributed by atoms with Crippen LogP contribution in [0.2, 0.25) is 0 Å². The minimum Gasteiger partial charge on any atom is -0.468 e. The fourth-order valence-electron chi connectivity index (χ4n) is 2.77. The third-order valence-electron chi connectivity index (χ3n) is 4.41. The second kappa shape index (κ2) is 7.99. The number of esters is 1. The molecule has 0 spiro atoms. The summed E-state index contributed by atoms with van der Waals surface area (Å²) >= 11 is 0. The van der Waals surface area contributed by atoms with E-state index < -0.39 is 21.7 Å². The van der Waals surface area contributed by atoms with Crippen molar-refractivity contribution in [3.05, 3.63) is 64.6 Å². The number of benzene rings is 2. The van der Waals surface area contributed by atoms with Gasteiger partial charge in [-0.15, -0.1) is 0 Å². The number of oxazole rings is 1. The number of ether oxygens (including phenoxy) is 1. The third-order valence-corrected chi connectivity index (χ3v) is 5.83. The summed E-state index contributed by atoms with van der Waals surface area (Å²) in [4.78, 5) is 23.4. The smallest absolute Gasteiger partial charge is 0.420 e. The van der Waals surface area contributed by atoms with E-state index in [-0.39, 0.29) is 29.5 Å². The second-order valence-corrected chi connectivity index (χ2v) is 8.09. The van der Waals surface area contributed by atoms with Crippen molar-refractivity contribution in [1.29, 1.82) is 0 Å². The minimum absolute atomic E-state index is 0.0150. The van der Waals surface area contributed by atoms with Crippen LogP contribution in [0.15, 0.2) is 62.6 Å². The van der Waals surface area contributed by atoms with Crippen molar-refractivity contribution >= 4 is 27.1 Å². The molecule has 0 unspecified atom stereocenters. The van der Waals surface area contributed by atoms with Crippen molar-refractivity contribution in [3.8, 4) is 0 Å². The maximum absolute atomic E-state index is 12.6. The number of carbonyl (C=O) groups excluding carboxylic acids is 1. The van der Waals surface area contributed by atoms with E-state index >= 15 is 0 Å². The summed E-state index contributed by atoms with van der Waals surface area (Å²) in [6.07, 6.45) is 0. The summed E-state index contributed by atoms with van der Waals surface area (Å²) in [5.74, 6) is -1.39. The number of hydrogen-bond acceptors (Lipinski definition) is 6. The lowest BCUT2D eigenvalue weighted by molar-refractivity contribution is -0.141. The highest BCUT2D eigenvalue weighted by molar-refractivity contribution is 7.89. The van der Waals surface area contributed by atoms with E-state index in [9.17, 15) is 18.0 Å². The first-order valence-electron chi connectivity index (χ1n) is 8.56. The number of methoxy groups -OCH3 is 1. The van der Waals surface area contributed by atoms with Crippen molar-refractivity contribution in [3.63, 3.8) is 0 Å². The van der Waals surface area contributed by atoms with Crippen LogP contribution in [0.3, 0.4) is 0 Å². The zero-order valence-electron chi connectivity index (χ0n) is 15.4. The highest BCUT2D eigenvalue weighted by atomic mass is 32.2. The van der Waals surface area contributed by atoms with Crippen LogP contribution in [0.25, 0.3) is 11.1 Å². The molecule has 1 atom stereocenters. The molecule has 0 bridgehead atoms. The van der Waals surface area contributed by atoms with Crippen molar-refractivity contribution in [2.75, 3.05) is 13.7 Å². The Balaban J connectivity index is 1.82. The summed E-state index contributed by atoms with van der Waals surface area (Å²) < 4.78 is 38.5. The molecule has 0 fully saturated rings. The highest BCUT2D eigenvalue weighted by Gasteiger charge is 2.19. The summed E-state index contributed by atoms with van der Waals surface area (Å²) in [6.45, 7) is 1.83. The quantitative estimate of drug-likeness (QED) is 0.602. The lowest BCUT2D eigenvalue weighted by Gasteiger charge is -2.13. The molecule has 3 aromatic rings. The first-order chi connectivity index (χ1) is 13.3. The monoisotopic (exact) mass is 404 g/mol. The van der Waals surface area contributed by atoms with Crippen molar-refractivity contribution in [1.82, 2.24) is 9.29 Å². The summed E-state index contributed by atoms with van der Waals surface area (Å²) in [7, 11) is -2.59. The van der Waals surface area contributed by atoms with Crippen LogP contribution in [0.4, 0.5) is 0 Å². The molecule has 0 aliphatic rings. The molecule has 0 amide bonds. The van der Waals surface area contributed by atoms with Gasteiger partial charge in [-0.3, -0.25) is 9.36 Å². The molecule has 9 heteroatoms. The highest BCUT2D eigenvalue weighted by Crippen LogP contribution is 2.20. The Morgan fingerprint density at radius 1 is 1.21 bits per heavy atom. The number of nitrogens with zero attached hydrogens (tertiary/aromatic N) is 1. The first kappa shape index (κ1) is 19.8. The van der Waals surface area contributed by atoms with Crippen LogP contribution in [-0.4, -0.2) is 32.6 Å². The molecular formula is C19H20N2O6S. The molecular weight excluding hydrogens is 384 g/mol. The topological polar surface area (TPSA) is 108 Å². The van der Waals surface area contributed by atoms with Crippen LogP contribution in [0, 0.1) is 0 Å². The van der Waals surface area contributed by atoms with Crippen LogP contribution in [0.5, 0.6) is 0 Å². The van der Waals surface area contributed by atoms with E-state index in [0.717, 1.165) is 10.1 Å². The van der Waals surface area contributed by atoms with Crippen LogP contribution in [-0.2, 0) is 26.1 Å². The zero-order valence-corrected chi connectivity index (χ0v) is 16.2. The van der Waals surface area contributed by atoms with Gasteiger partial charge in [0.25, 0.3) is 0 Å². The Labute approximate surface area is 161 Å². The van der Waals surface area contributed by atoms with Gasteiger partial charge in [-0.25, -0.2) is 17.9 Å². The molecule has 1 N–H and O–H groups in total. The first-order valence-corrected chi connectivity index (χ1v) is 10.0. The molecule has 8 nitrogen and oxygen atoms in total. The standard InChI is InChI=1S/C19H20N2O6S/c1-13(14-6-4-3-5-7-14)11-20-28(24,25)15-8-9-16-17(10-15)27-19(23)21(16)12-18(22)26-2/h3-10,13,20H,11-12H2,1-2H3/t13-/m1/s1. The van der Waals surface area contributed by atoms with E-state index in [2.05, 4.69) is 9.46 Å². The molecule has 3 rings (SSSR count). The lowest BCUT2D eigenvalue weighted by Crippen LogP contribution is -2.27. The molecule has 0 saturated carbocycles. The van der Waals surface area contributed by atoms with Crippen LogP contribution >= 0.6 is 0 Å². The Morgan fingerprint density at radius 3 is 2.61 bits per heavy atom. The van der Waals surface area contributed by atoms with Gasteiger partial charge in [-0.1, -0.05) is 37.3 Å². The van der Waals surface area contributed by atoms with Gasteiger partial charge in [-0.2, -0.15) is 0 Å². The van der Waals surface area contributed by atoms with E-state index in [1.807, 2.05) is 37.3 Å². The number of hydrogen-bond donors (Lipinski definition) is 1. The maximum atomic E-state index is 12.6. The number of nitrogens with one attached hydrogen (secondary N) is 1. The van der Waals surface area contributed by atoms with Crippen molar-refractivity contribution in [2.45, 2.75) is 24.3 Å². The minimum atomic E-state index is -3.80. The van der Waals surface area contributed by atoms with E-state index in [1.54, 1.807) is 0 Å². The second-order valence-electron chi connectivity index (χ2n) is 6.32. The average Bonchev–Trinajstić information content (AvgIpc) is 3.01. The Morgan fingerprint density at radius 2 is 1.93 bits per heavy atom. The van der Waals surface area contributed by atoms with Gasteiger partial charge in [0.15, 0.2) is 5.58 Å². The van der Waals surface area contributed by atoms with E-state index in [0.29, 0.717) is 5.52 Å². The lowest BCUT2D eigenvalue weighted by atomic mass is 10.0. The Kier molecular flexibility index (Phi) is 5.66. The van der Waals surface area contributed by atoms with Gasteiger partial charge in [0.05, 0.1) is 17.5 Å². The molecule has 0 saturated heterocycles. The molecule has 0 radical (unpaired) electrons. The van der Waals surface area contributed by atoms with Gasteiger partial charge in [0, 0.05) is 12.6 Å². The summed E-state index contributed by atoms with van der Waals surface area (Å²) in [6, 6.07) is 13.6. The molecule has 1 heterocycles. The largest absolute Gasteiger partial charge is 0.468 e. The number of fused-ring (bicyclic) bond motifs is 1. The van der Waals surface area contributed by atoms with Crippen LogP contribution in [0.1, 0.15) is 18.4 Å². The maximum Gasteiger partial charge on any atom is 0.420 e. The predicted octanol–water partition coefficient (Wildman–Crippen LogP) is 1.85. The normalized spacial score (nSPS) is 12.8. The summed E-state index contributed by atoms with van der Waals surface area (Å²) in [5, 5.41) is 0. The molecule has 28 heavy (non-hydrogen) atoms. The van der Waals surface area contributed by atoms with Gasteiger partial charge in [0.2, 0.25) is 10.0 Å². The number of sulfonamides is 1. The van der Waals surface area contributed by atoms with Gasteiger partial charge in [-0.05, 0) is 23.6 Å². The fraction of sp³-hybridized carbons (Fsp3) is 0.263. The van der Waals surface area contributed by atoms with Crippen molar-refractivity contribution in [2.24, 2.45) is 0 Å². The Hall–Kier alpha value is -2.91. The molecule has 0 aliphatic carbocycles. The predicted molar refractivity (Wildman–Crippen MR) is 103 cm³/mol. The van der Waals surface area contributed by atoms with Crippen molar-refractivity contribution < 1.29 is 22.4 Å². The molecule has 0 aliphatic heterocycles. The SMILES string of the molecule is COC(=O)Cn1c(=O)oc2cc(S(=O)(=O)NC[C@@H](C)c3ccccc3)ccc21. The molecule has 1 aromatic heterocycles. The van der Waals surface area contributed by atoms with Gasteiger partial charge in [0.1, 0.15) is 6.54 Å². The fourth-order valence-corrected chi connectivity index (χ4v) is 3.92. The van der Waals surface area contributed by atoms with Gasteiger partial charge >= 0.3 is 11.7 Å². The van der Waals surface area contributed by atoms with Crippen LogP contribution < -0.4 is 10.5 Å². The number of aromatic nitrogens is 1. The zero-order chi connectivity index (χ0) is 20.3. The van der Waals surface area contributed by atoms with E-state index in [4.69, 9.17) is 4.42 Å². The average molecular weight is 404 g/mol.